The van der Waals surface area contributed by atoms with Crippen molar-refractivity contribution in [1.29, 1.82) is 0 Å². The Bertz CT molecular complexity index is 1860. The fraction of sp³-hybridized carbons (Fsp3) is 0.278. The van der Waals surface area contributed by atoms with Gasteiger partial charge in [0.2, 0.25) is 0 Å². The quantitative estimate of drug-likeness (QED) is 0.152. The predicted molar refractivity (Wildman–Crippen MR) is 173 cm³/mol. The fourth-order valence-corrected chi connectivity index (χ4v) is 6.11. The Kier molecular flexibility index (Phi) is 8.16. The number of amides is 1. The lowest BCUT2D eigenvalue weighted by atomic mass is 9.98. The summed E-state index contributed by atoms with van der Waals surface area (Å²) in [5, 5.41) is 4.15. The van der Waals surface area contributed by atoms with Crippen LogP contribution in [0.1, 0.15) is 45.5 Å². The topological polar surface area (TPSA) is 83.7 Å². The van der Waals surface area contributed by atoms with Gasteiger partial charge in [0.1, 0.15) is 0 Å². The minimum absolute atomic E-state index is 0.0718. The zero-order valence-electron chi connectivity index (χ0n) is 25.0. The number of methoxy groups -OCH3 is 2. The molecule has 0 fully saturated rings. The Morgan fingerprint density at radius 3 is 2.33 bits per heavy atom. The number of carbonyl (C=O) groups excluding carboxylic acids is 1. The van der Waals surface area contributed by atoms with Crippen LogP contribution in [0.15, 0.2) is 77.6 Å². The van der Waals surface area contributed by atoms with Crippen molar-refractivity contribution in [3.8, 4) is 11.5 Å². The van der Waals surface area contributed by atoms with Crippen molar-refractivity contribution < 1.29 is 14.3 Å². The largest absolute Gasteiger partial charge is 0.493 e. The van der Waals surface area contributed by atoms with Crippen molar-refractivity contribution in [3.05, 3.63) is 111 Å². The van der Waals surface area contributed by atoms with E-state index < -0.39 is 0 Å². The number of unbranched alkanes of at least 4 members (excludes halogenated alkanes) is 1. The highest BCUT2D eigenvalue weighted by molar-refractivity contribution is 6.13. The Morgan fingerprint density at radius 1 is 0.884 bits per heavy atom. The summed E-state index contributed by atoms with van der Waals surface area (Å²) in [4.78, 5) is 32.3. The van der Waals surface area contributed by atoms with Gasteiger partial charge in [-0.3, -0.25) is 14.5 Å². The molecule has 1 aromatic heterocycles. The van der Waals surface area contributed by atoms with E-state index in [1.807, 2.05) is 37.3 Å². The summed E-state index contributed by atoms with van der Waals surface area (Å²) >= 11 is 0. The van der Waals surface area contributed by atoms with Crippen LogP contribution in [0.3, 0.4) is 0 Å². The van der Waals surface area contributed by atoms with E-state index in [0.717, 1.165) is 73.6 Å². The SMILES string of the molecule is COc1cc2c(cc1OC)CN(CCCCc1ccc(NC(=O)c3cccc4c(=O)c5cccc(C)c5[nH]c34)cc1)CC2. The molecule has 7 nitrogen and oxygen atoms in total. The molecule has 2 heterocycles. The maximum atomic E-state index is 13.3. The molecule has 0 atom stereocenters. The van der Waals surface area contributed by atoms with Crippen LogP contribution in [-0.4, -0.2) is 43.1 Å². The summed E-state index contributed by atoms with van der Waals surface area (Å²) in [5.74, 6) is 1.34. The molecular formula is C36H37N3O4. The first-order valence-electron chi connectivity index (χ1n) is 14.9. The van der Waals surface area contributed by atoms with Gasteiger partial charge in [0.25, 0.3) is 5.91 Å². The van der Waals surface area contributed by atoms with Crippen molar-refractivity contribution >= 4 is 33.4 Å². The first kappa shape index (κ1) is 28.5. The molecule has 1 aliphatic heterocycles. The minimum atomic E-state index is -0.249. The van der Waals surface area contributed by atoms with Crippen molar-refractivity contribution in [2.24, 2.45) is 0 Å². The molecule has 0 radical (unpaired) electrons. The summed E-state index contributed by atoms with van der Waals surface area (Å²) in [7, 11) is 3.36. The Balaban J connectivity index is 1.05. The Hall–Kier alpha value is -4.62. The molecule has 2 N–H and O–H groups in total. The van der Waals surface area contributed by atoms with Gasteiger partial charge in [-0.15, -0.1) is 0 Å². The number of nitrogens with one attached hydrogen (secondary N) is 2. The van der Waals surface area contributed by atoms with Gasteiger partial charge in [0, 0.05) is 29.5 Å². The molecule has 0 saturated heterocycles. The van der Waals surface area contributed by atoms with Crippen molar-refractivity contribution in [1.82, 2.24) is 9.88 Å². The molecule has 1 amide bonds. The number of pyridine rings is 1. The van der Waals surface area contributed by atoms with Gasteiger partial charge in [0.15, 0.2) is 16.9 Å². The number of benzene rings is 4. The van der Waals surface area contributed by atoms with Gasteiger partial charge >= 0.3 is 0 Å². The molecule has 6 rings (SSSR count). The highest BCUT2D eigenvalue weighted by Gasteiger charge is 2.19. The van der Waals surface area contributed by atoms with Crippen LogP contribution in [-0.2, 0) is 19.4 Å². The highest BCUT2D eigenvalue weighted by Crippen LogP contribution is 2.33. The standard InChI is InChI=1S/C36H37N3O4/c1-23-8-6-10-28-33(23)38-34-29(35(28)40)11-7-12-30(34)36(41)37-27-15-13-24(14-16-27)9-4-5-18-39-19-17-25-20-31(42-2)32(43-3)21-26(25)22-39/h6-8,10-16,20-21H,4-5,9,17-19,22H2,1-3H3,(H,37,41)(H,38,40). The smallest absolute Gasteiger partial charge is 0.257 e. The van der Waals surface area contributed by atoms with Crippen LogP contribution in [0.4, 0.5) is 5.69 Å². The number of hydrogen-bond acceptors (Lipinski definition) is 5. The number of aromatic nitrogens is 1. The number of H-pyrrole nitrogens is 1. The number of aromatic amines is 1. The van der Waals surface area contributed by atoms with E-state index in [9.17, 15) is 9.59 Å². The molecule has 4 aromatic carbocycles. The van der Waals surface area contributed by atoms with E-state index in [-0.39, 0.29) is 11.3 Å². The minimum Gasteiger partial charge on any atom is -0.493 e. The zero-order chi connectivity index (χ0) is 29.9. The predicted octanol–water partition coefficient (Wildman–Crippen LogP) is 6.64. The van der Waals surface area contributed by atoms with E-state index in [0.29, 0.717) is 21.9 Å². The van der Waals surface area contributed by atoms with E-state index >= 15 is 0 Å². The van der Waals surface area contributed by atoms with Gasteiger partial charge in [0.05, 0.1) is 30.8 Å². The van der Waals surface area contributed by atoms with Crippen molar-refractivity contribution in [2.75, 3.05) is 32.6 Å². The summed E-state index contributed by atoms with van der Waals surface area (Å²) < 4.78 is 11.0. The number of hydrogen-bond donors (Lipinski definition) is 2. The molecule has 1 aliphatic rings. The van der Waals surface area contributed by atoms with Crippen LogP contribution in [0.25, 0.3) is 21.8 Å². The Labute approximate surface area is 251 Å². The molecule has 0 saturated carbocycles. The molecule has 43 heavy (non-hydrogen) atoms. The number of rotatable bonds is 9. The second kappa shape index (κ2) is 12.3. The Morgan fingerprint density at radius 2 is 1.58 bits per heavy atom. The number of nitrogens with zero attached hydrogens (tertiary/aromatic N) is 1. The van der Waals surface area contributed by atoms with Crippen molar-refractivity contribution in [2.45, 2.75) is 39.2 Å². The van der Waals surface area contributed by atoms with Gasteiger partial charge < -0.3 is 19.8 Å². The summed E-state index contributed by atoms with van der Waals surface area (Å²) in [5.41, 5.74) is 7.29. The summed E-state index contributed by atoms with van der Waals surface area (Å²) in [6, 6.07) is 23.2. The van der Waals surface area contributed by atoms with Crippen LogP contribution in [0.5, 0.6) is 11.5 Å². The molecule has 7 heteroatoms. The molecule has 0 spiro atoms. The molecule has 0 unspecified atom stereocenters. The average Bonchev–Trinajstić information content (AvgIpc) is 3.03. The molecule has 0 aliphatic carbocycles. The van der Waals surface area contributed by atoms with E-state index in [4.69, 9.17) is 9.47 Å². The maximum Gasteiger partial charge on any atom is 0.257 e. The summed E-state index contributed by atoms with van der Waals surface area (Å²) in [6.07, 6.45) is 4.22. The first-order valence-corrected chi connectivity index (χ1v) is 14.9. The fourth-order valence-electron chi connectivity index (χ4n) is 6.11. The normalized spacial score (nSPS) is 13.2. The third-order valence-corrected chi connectivity index (χ3v) is 8.52. The van der Waals surface area contributed by atoms with E-state index in [2.05, 4.69) is 39.5 Å². The number of ether oxygens (including phenoxy) is 2. The molecule has 5 aromatic rings. The molecule has 220 valence electrons. The average molecular weight is 576 g/mol. The van der Waals surface area contributed by atoms with Crippen LogP contribution in [0.2, 0.25) is 0 Å². The second-order valence-electron chi connectivity index (χ2n) is 11.3. The van der Waals surface area contributed by atoms with Crippen LogP contribution < -0.4 is 20.2 Å². The molecular weight excluding hydrogens is 538 g/mol. The van der Waals surface area contributed by atoms with Gasteiger partial charge in [-0.05, 0) is 104 Å². The van der Waals surface area contributed by atoms with Gasteiger partial charge in [-0.1, -0.05) is 30.3 Å². The van der Waals surface area contributed by atoms with Gasteiger partial charge in [-0.2, -0.15) is 0 Å². The lowest BCUT2D eigenvalue weighted by molar-refractivity contribution is 0.102. The molecule has 0 bridgehead atoms. The van der Waals surface area contributed by atoms with Crippen LogP contribution >= 0.6 is 0 Å². The highest BCUT2D eigenvalue weighted by atomic mass is 16.5. The number of anilines is 1. The second-order valence-corrected chi connectivity index (χ2v) is 11.3. The number of carbonyl (C=O) groups is 1. The third kappa shape index (κ3) is 5.86. The van der Waals surface area contributed by atoms with Crippen molar-refractivity contribution in [3.63, 3.8) is 0 Å². The number of para-hydroxylation sites is 2. The summed E-state index contributed by atoms with van der Waals surface area (Å²) in [6.45, 7) is 5.00. The van der Waals surface area contributed by atoms with Crippen LogP contribution in [0, 0.1) is 6.92 Å². The third-order valence-electron chi connectivity index (χ3n) is 8.52. The monoisotopic (exact) mass is 575 g/mol. The van der Waals surface area contributed by atoms with Gasteiger partial charge in [-0.25, -0.2) is 0 Å². The lowest BCUT2D eigenvalue weighted by Crippen LogP contribution is -2.31. The first-order chi connectivity index (χ1) is 20.9. The van der Waals surface area contributed by atoms with E-state index in [1.165, 1.54) is 16.7 Å². The zero-order valence-corrected chi connectivity index (χ0v) is 25.0. The number of aryl methyl sites for hydroxylation is 2. The van der Waals surface area contributed by atoms with E-state index in [1.54, 1.807) is 32.4 Å². The maximum absolute atomic E-state index is 13.3. The lowest BCUT2D eigenvalue weighted by Gasteiger charge is -2.29. The number of fused-ring (bicyclic) bond motifs is 3.